The van der Waals surface area contributed by atoms with Crippen LogP contribution in [-0.4, -0.2) is 28.3 Å². The maximum Gasteiger partial charge on any atom is 0.296 e. The third-order valence-electron chi connectivity index (χ3n) is 4.52. The summed E-state index contributed by atoms with van der Waals surface area (Å²) in [6.45, 7) is 2.39. The molecule has 2 aromatic carbocycles. The van der Waals surface area contributed by atoms with E-state index >= 15 is 0 Å². The van der Waals surface area contributed by atoms with Gasteiger partial charge in [-0.25, -0.2) is 4.39 Å². The van der Waals surface area contributed by atoms with Crippen molar-refractivity contribution in [2.75, 3.05) is 13.7 Å². The van der Waals surface area contributed by atoms with Gasteiger partial charge in [-0.05, 0) is 48.4 Å². The zero-order valence-corrected chi connectivity index (χ0v) is 17.6. The average Bonchev–Trinajstić information content (AvgIpc) is 3.05. The van der Waals surface area contributed by atoms with Crippen LogP contribution in [-0.2, 0) is 6.42 Å². The van der Waals surface area contributed by atoms with E-state index in [4.69, 9.17) is 9.47 Å². The van der Waals surface area contributed by atoms with E-state index in [-0.39, 0.29) is 28.5 Å². The first-order valence-electron chi connectivity index (χ1n) is 9.48. The molecule has 0 N–H and O–H groups in total. The molecule has 31 heavy (non-hydrogen) atoms. The van der Waals surface area contributed by atoms with Crippen LogP contribution in [0.2, 0.25) is 0 Å². The Morgan fingerprint density at radius 1 is 1.13 bits per heavy atom. The van der Waals surface area contributed by atoms with Gasteiger partial charge in [0.05, 0.1) is 18.2 Å². The van der Waals surface area contributed by atoms with Gasteiger partial charge in [-0.15, -0.1) is 0 Å². The fraction of sp³-hybridized carbons (Fsp3) is 0.182. The number of fused-ring (bicyclic) bond motifs is 1. The molecule has 0 saturated carbocycles. The molecule has 0 spiro atoms. The third kappa shape index (κ3) is 4.31. The highest BCUT2D eigenvalue weighted by atomic mass is 32.1. The molecule has 0 bridgehead atoms. The molecule has 0 atom stereocenters. The van der Waals surface area contributed by atoms with Crippen LogP contribution in [0.5, 0.6) is 11.5 Å². The van der Waals surface area contributed by atoms with Crippen molar-refractivity contribution >= 4 is 22.4 Å². The quantitative estimate of drug-likeness (QED) is 0.458. The van der Waals surface area contributed by atoms with Crippen LogP contribution in [0.4, 0.5) is 4.39 Å². The second-order valence-electron chi connectivity index (χ2n) is 6.62. The molecule has 158 valence electrons. The van der Waals surface area contributed by atoms with Gasteiger partial charge in [0.1, 0.15) is 11.5 Å². The number of aromatic nitrogens is 3. The molecule has 0 aliphatic carbocycles. The maximum atomic E-state index is 13.1. The van der Waals surface area contributed by atoms with Crippen LogP contribution < -0.4 is 25.1 Å². The fourth-order valence-electron chi connectivity index (χ4n) is 3.05. The maximum absolute atomic E-state index is 13.1. The summed E-state index contributed by atoms with van der Waals surface area (Å²) in [7, 11) is 1.54. The Morgan fingerprint density at radius 3 is 2.61 bits per heavy atom. The molecule has 0 aliphatic rings. The van der Waals surface area contributed by atoms with Gasteiger partial charge < -0.3 is 9.47 Å². The van der Waals surface area contributed by atoms with E-state index in [9.17, 15) is 14.0 Å². The number of benzene rings is 2. The van der Waals surface area contributed by atoms with Gasteiger partial charge in [0, 0.05) is 6.42 Å². The molecular formula is C22H18FN3O4S. The topological polar surface area (TPSA) is 82.8 Å². The van der Waals surface area contributed by atoms with Crippen molar-refractivity contribution in [3.8, 4) is 11.5 Å². The minimum absolute atomic E-state index is 0.119. The van der Waals surface area contributed by atoms with E-state index in [0.717, 1.165) is 21.4 Å². The Hall–Kier alpha value is -3.59. The lowest BCUT2D eigenvalue weighted by Gasteiger charge is -2.09. The summed E-state index contributed by atoms with van der Waals surface area (Å²) in [6, 6.07) is 11.1. The zero-order chi connectivity index (χ0) is 22.0. The van der Waals surface area contributed by atoms with Crippen LogP contribution in [0.15, 0.2) is 52.1 Å². The Labute approximate surface area is 180 Å². The highest BCUT2D eigenvalue weighted by Gasteiger charge is 2.12. The van der Waals surface area contributed by atoms with E-state index in [1.165, 1.54) is 12.1 Å². The minimum Gasteiger partial charge on any atom is -0.493 e. The summed E-state index contributed by atoms with van der Waals surface area (Å²) < 4.78 is 25.5. The number of hydrogen-bond acceptors (Lipinski definition) is 7. The van der Waals surface area contributed by atoms with Gasteiger partial charge in [0.15, 0.2) is 11.5 Å². The smallest absolute Gasteiger partial charge is 0.296 e. The normalized spacial score (nSPS) is 11.8. The second kappa shape index (κ2) is 8.65. The lowest BCUT2D eigenvalue weighted by atomic mass is 10.1. The number of halogens is 1. The van der Waals surface area contributed by atoms with Crippen molar-refractivity contribution in [1.82, 2.24) is 14.6 Å². The van der Waals surface area contributed by atoms with Gasteiger partial charge in [-0.1, -0.05) is 29.5 Å². The zero-order valence-electron chi connectivity index (χ0n) is 16.8. The van der Waals surface area contributed by atoms with Crippen molar-refractivity contribution in [1.29, 1.82) is 0 Å². The van der Waals surface area contributed by atoms with E-state index in [0.29, 0.717) is 28.2 Å². The van der Waals surface area contributed by atoms with E-state index in [2.05, 4.69) is 10.1 Å². The van der Waals surface area contributed by atoms with Crippen molar-refractivity contribution in [3.05, 3.63) is 90.3 Å². The first kappa shape index (κ1) is 20.7. The summed E-state index contributed by atoms with van der Waals surface area (Å²) in [5.74, 6) is 0.796. The average molecular weight is 439 g/mol. The number of rotatable bonds is 6. The third-order valence-corrected chi connectivity index (χ3v) is 5.48. The molecule has 4 aromatic rings. The van der Waals surface area contributed by atoms with Crippen LogP contribution in [0, 0.1) is 5.82 Å². The van der Waals surface area contributed by atoms with Gasteiger partial charge in [0.2, 0.25) is 4.96 Å². The predicted octanol–water partition coefficient (Wildman–Crippen LogP) is 2.20. The number of thiazole rings is 1. The van der Waals surface area contributed by atoms with Gasteiger partial charge >= 0.3 is 0 Å². The lowest BCUT2D eigenvalue weighted by molar-refractivity contribution is 0.311. The van der Waals surface area contributed by atoms with Crippen LogP contribution in [0.1, 0.15) is 23.7 Å². The molecule has 9 heteroatoms. The molecule has 0 saturated heterocycles. The van der Waals surface area contributed by atoms with Gasteiger partial charge in [-0.3, -0.25) is 9.59 Å². The monoisotopic (exact) mass is 439 g/mol. The Bertz CT molecular complexity index is 1410. The SMILES string of the molecule is CCOc1ccc(/C=c2\sc3nc(=O)c(Cc4ccc(F)cc4)nn3c2=O)cc1OC. The minimum atomic E-state index is -0.514. The number of hydrogen-bond donors (Lipinski definition) is 0. The first-order valence-corrected chi connectivity index (χ1v) is 10.3. The molecule has 0 fully saturated rings. The molecule has 0 unspecified atom stereocenters. The van der Waals surface area contributed by atoms with Crippen LogP contribution in [0.3, 0.4) is 0 Å². The molecule has 4 rings (SSSR count). The summed E-state index contributed by atoms with van der Waals surface area (Å²) in [4.78, 5) is 29.4. The lowest BCUT2D eigenvalue weighted by Crippen LogP contribution is -2.28. The van der Waals surface area contributed by atoms with E-state index < -0.39 is 5.56 Å². The Balaban J connectivity index is 1.75. The molecule has 0 radical (unpaired) electrons. The van der Waals surface area contributed by atoms with Crippen molar-refractivity contribution in [2.24, 2.45) is 0 Å². The number of methoxy groups -OCH3 is 1. The van der Waals surface area contributed by atoms with Gasteiger partial charge in [0.25, 0.3) is 11.1 Å². The number of ether oxygens (including phenoxy) is 2. The molecule has 0 aliphatic heterocycles. The Kier molecular flexibility index (Phi) is 5.77. The van der Waals surface area contributed by atoms with Crippen LogP contribution in [0.25, 0.3) is 11.0 Å². The highest BCUT2D eigenvalue weighted by Crippen LogP contribution is 2.28. The summed E-state index contributed by atoms with van der Waals surface area (Å²) in [5.41, 5.74) is 0.663. The summed E-state index contributed by atoms with van der Waals surface area (Å²) in [5, 5.41) is 4.21. The Morgan fingerprint density at radius 2 is 1.90 bits per heavy atom. The summed E-state index contributed by atoms with van der Waals surface area (Å²) >= 11 is 1.08. The predicted molar refractivity (Wildman–Crippen MR) is 116 cm³/mol. The van der Waals surface area contributed by atoms with Crippen molar-refractivity contribution in [3.63, 3.8) is 0 Å². The molecule has 0 amide bonds. The number of nitrogens with zero attached hydrogens (tertiary/aromatic N) is 3. The summed E-state index contributed by atoms with van der Waals surface area (Å²) in [6.07, 6.45) is 1.84. The second-order valence-corrected chi connectivity index (χ2v) is 7.63. The first-order chi connectivity index (χ1) is 15.0. The standard InChI is InChI=1S/C22H18FN3O4S/c1-3-30-17-9-6-14(11-18(17)29-2)12-19-21(28)26-22(31-19)24-20(27)16(25-26)10-13-4-7-15(23)8-5-13/h4-9,11-12H,3,10H2,1-2H3/b19-12-. The highest BCUT2D eigenvalue weighted by molar-refractivity contribution is 7.15. The largest absolute Gasteiger partial charge is 0.493 e. The van der Waals surface area contributed by atoms with Gasteiger partial charge in [-0.2, -0.15) is 14.6 Å². The molecular weight excluding hydrogens is 421 g/mol. The van der Waals surface area contributed by atoms with Crippen LogP contribution >= 0.6 is 11.3 Å². The van der Waals surface area contributed by atoms with Crippen molar-refractivity contribution in [2.45, 2.75) is 13.3 Å². The molecule has 2 heterocycles. The molecule has 2 aromatic heterocycles. The molecule has 7 nitrogen and oxygen atoms in total. The fourth-order valence-corrected chi connectivity index (χ4v) is 3.95. The van der Waals surface area contributed by atoms with E-state index in [1.54, 1.807) is 37.5 Å². The van der Waals surface area contributed by atoms with E-state index in [1.807, 2.05) is 13.0 Å². The van der Waals surface area contributed by atoms with Crippen molar-refractivity contribution < 1.29 is 13.9 Å².